The summed E-state index contributed by atoms with van der Waals surface area (Å²) in [6.07, 6.45) is 2.76. The van der Waals surface area contributed by atoms with E-state index in [4.69, 9.17) is 4.74 Å². The molecule has 18 heavy (non-hydrogen) atoms. The van der Waals surface area contributed by atoms with E-state index in [0.29, 0.717) is 5.88 Å². The summed E-state index contributed by atoms with van der Waals surface area (Å²) < 4.78 is 5.49. The number of hydrogen-bond acceptors (Lipinski definition) is 3. The highest BCUT2D eigenvalue weighted by Crippen LogP contribution is 2.15. The van der Waals surface area contributed by atoms with Crippen LogP contribution in [0.3, 0.4) is 0 Å². The standard InChI is InChI=1S/C15H17NO2/c1-11(2)18-15-8-5-13(10-16-15)9-12-3-6-14(17)7-4-12/h3-8,10-11,17H,9H2,1-2H3. The van der Waals surface area contributed by atoms with Gasteiger partial charge in [0.15, 0.2) is 0 Å². The van der Waals surface area contributed by atoms with Crippen LogP contribution in [0.5, 0.6) is 11.6 Å². The molecule has 1 heterocycles. The van der Waals surface area contributed by atoms with E-state index in [-0.39, 0.29) is 11.9 Å². The monoisotopic (exact) mass is 243 g/mol. The van der Waals surface area contributed by atoms with Crippen molar-refractivity contribution in [3.8, 4) is 11.6 Å². The molecule has 0 unspecified atom stereocenters. The number of rotatable bonds is 4. The topological polar surface area (TPSA) is 42.4 Å². The van der Waals surface area contributed by atoms with Crippen LogP contribution in [-0.4, -0.2) is 16.2 Å². The van der Waals surface area contributed by atoms with Gasteiger partial charge in [0.2, 0.25) is 5.88 Å². The smallest absolute Gasteiger partial charge is 0.213 e. The summed E-state index contributed by atoms with van der Waals surface area (Å²) >= 11 is 0. The first-order valence-electron chi connectivity index (χ1n) is 6.03. The lowest BCUT2D eigenvalue weighted by Crippen LogP contribution is -2.06. The van der Waals surface area contributed by atoms with Gasteiger partial charge < -0.3 is 9.84 Å². The molecule has 0 bridgehead atoms. The van der Waals surface area contributed by atoms with Crippen molar-refractivity contribution in [1.29, 1.82) is 0 Å². The number of aromatic hydroxyl groups is 1. The Bertz CT molecular complexity index is 489. The van der Waals surface area contributed by atoms with E-state index < -0.39 is 0 Å². The average molecular weight is 243 g/mol. The van der Waals surface area contributed by atoms with Crippen molar-refractivity contribution in [1.82, 2.24) is 4.98 Å². The van der Waals surface area contributed by atoms with Crippen molar-refractivity contribution in [3.05, 3.63) is 53.7 Å². The van der Waals surface area contributed by atoms with Gasteiger partial charge in [-0.25, -0.2) is 4.98 Å². The third kappa shape index (κ3) is 3.48. The molecule has 0 amide bonds. The summed E-state index contributed by atoms with van der Waals surface area (Å²) in [6.45, 7) is 3.96. The lowest BCUT2D eigenvalue weighted by molar-refractivity contribution is 0.232. The number of ether oxygens (including phenoxy) is 1. The van der Waals surface area contributed by atoms with Crippen molar-refractivity contribution in [3.63, 3.8) is 0 Å². The van der Waals surface area contributed by atoms with Crippen molar-refractivity contribution in [2.75, 3.05) is 0 Å². The van der Waals surface area contributed by atoms with Crippen LogP contribution in [0.4, 0.5) is 0 Å². The Labute approximate surface area is 107 Å². The summed E-state index contributed by atoms with van der Waals surface area (Å²) in [5.74, 6) is 0.942. The van der Waals surface area contributed by atoms with Crippen molar-refractivity contribution in [2.45, 2.75) is 26.4 Å². The molecular formula is C15H17NO2. The Morgan fingerprint density at radius 1 is 1.06 bits per heavy atom. The SMILES string of the molecule is CC(C)Oc1ccc(Cc2ccc(O)cc2)cn1. The molecular weight excluding hydrogens is 226 g/mol. The molecule has 0 fully saturated rings. The van der Waals surface area contributed by atoms with E-state index in [1.165, 1.54) is 0 Å². The Balaban J connectivity index is 2.04. The van der Waals surface area contributed by atoms with E-state index in [9.17, 15) is 5.11 Å². The van der Waals surface area contributed by atoms with Gasteiger partial charge in [-0.15, -0.1) is 0 Å². The average Bonchev–Trinajstić information content (AvgIpc) is 2.34. The van der Waals surface area contributed by atoms with Crippen molar-refractivity contribution < 1.29 is 9.84 Å². The number of benzene rings is 1. The third-order valence-electron chi connectivity index (χ3n) is 2.50. The zero-order valence-electron chi connectivity index (χ0n) is 10.6. The first-order valence-corrected chi connectivity index (χ1v) is 6.03. The van der Waals surface area contributed by atoms with Gasteiger partial charge in [0.1, 0.15) is 5.75 Å². The molecule has 0 spiro atoms. The number of pyridine rings is 1. The second-order valence-corrected chi connectivity index (χ2v) is 4.51. The van der Waals surface area contributed by atoms with Crippen LogP contribution in [0.2, 0.25) is 0 Å². The largest absolute Gasteiger partial charge is 0.508 e. The number of phenols is 1. The van der Waals surface area contributed by atoms with Crippen LogP contribution in [0.1, 0.15) is 25.0 Å². The minimum absolute atomic E-state index is 0.139. The Morgan fingerprint density at radius 2 is 1.72 bits per heavy atom. The zero-order chi connectivity index (χ0) is 13.0. The molecule has 1 N–H and O–H groups in total. The summed E-state index contributed by atoms with van der Waals surface area (Å²) in [5.41, 5.74) is 2.27. The molecule has 94 valence electrons. The van der Waals surface area contributed by atoms with Gasteiger partial charge in [0, 0.05) is 12.3 Å². The molecule has 1 aromatic carbocycles. The quantitative estimate of drug-likeness (QED) is 0.896. The highest BCUT2D eigenvalue weighted by atomic mass is 16.5. The van der Waals surface area contributed by atoms with E-state index in [2.05, 4.69) is 4.98 Å². The highest BCUT2D eigenvalue weighted by Gasteiger charge is 2.01. The molecule has 0 aliphatic rings. The normalized spacial score (nSPS) is 10.6. The van der Waals surface area contributed by atoms with E-state index in [1.807, 2.05) is 44.3 Å². The van der Waals surface area contributed by atoms with Gasteiger partial charge >= 0.3 is 0 Å². The van der Waals surface area contributed by atoms with E-state index in [1.54, 1.807) is 12.1 Å². The van der Waals surface area contributed by atoms with Gasteiger partial charge in [0.05, 0.1) is 6.10 Å². The Kier molecular flexibility index (Phi) is 3.82. The first-order chi connectivity index (χ1) is 8.63. The van der Waals surface area contributed by atoms with Crippen LogP contribution in [0.25, 0.3) is 0 Å². The maximum Gasteiger partial charge on any atom is 0.213 e. The molecule has 3 nitrogen and oxygen atoms in total. The lowest BCUT2D eigenvalue weighted by Gasteiger charge is -2.08. The van der Waals surface area contributed by atoms with Crippen LogP contribution in [-0.2, 0) is 6.42 Å². The molecule has 0 atom stereocenters. The van der Waals surface area contributed by atoms with Gasteiger partial charge in [-0.3, -0.25) is 0 Å². The molecule has 2 rings (SSSR count). The number of aromatic nitrogens is 1. The van der Waals surface area contributed by atoms with Crippen LogP contribution in [0, 0.1) is 0 Å². The van der Waals surface area contributed by atoms with Gasteiger partial charge in [-0.2, -0.15) is 0 Å². The number of hydrogen-bond donors (Lipinski definition) is 1. The fraction of sp³-hybridized carbons (Fsp3) is 0.267. The molecule has 0 aliphatic heterocycles. The molecule has 0 aliphatic carbocycles. The zero-order valence-corrected chi connectivity index (χ0v) is 10.6. The summed E-state index contributed by atoms with van der Waals surface area (Å²) in [4.78, 5) is 4.26. The minimum atomic E-state index is 0.139. The molecule has 0 saturated heterocycles. The van der Waals surface area contributed by atoms with Gasteiger partial charge in [-0.1, -0.05) is 18.2 Å². The molecule has 3 heteroatoms. The van der Waals surface area contributed by atoms with E-state index >= 15 is 0 Å². The molecule has 0 saturated carbocycles. The van der Waals surface area contributed by atoms with Crippen molar-refractivity contribution >= 4 is 0 Å². The minimum Gasteiger partial charge on any atom is -0.508 e. The van der Waals surface area contributed by atoms with Gasteiger partial charge in [-0.05, 0) is 43.5 Å². The fourth-order valence-electron chi connectivity index (χ4n) is 1.68. The molecule has 1 aromatic heterocycles. The van der Waals surface area contributed by atoms with Crippen molar-refractivity contribution in [2.24, 2.45) is 0 Å². The Morgan fingerprint density at radius 3 is 2.28 bits per heavy atom. The fourth-order valence-corrected chi connectivity index (χ4v) is 1.68. The third-order valence-corrected chi connectivity index (χ3v) is 2.50. The molecule has 0 radical (unpaired) electrons. The second-order valence-electron chi connectivity index (χ2n) is 4.51. The molecule has 2 aromatic rings. The van der Waals surface area contributed by atoms with Crippen LogP contribution in [0.15, 0.2) is 42.6 Å². The predicted octanol–water partition coefficient (Wildman–Crippen LogP) is 3.17. The maximum atomic E-state index is 9.21. The van der Waals surface area contributed by atoms with Crippen LogP contribution < -0.4 is 4.74 Å². The summed E-state index contributed by atoms with van der Waals surface area (Å²) in [5, 5.41) is 9.21. The lowest BCUT2D eigenvalue weighted by atomic mass is 10.1. The summed E-state index contributed by atoms with van der Waals surface area (Å²) in [7, 11) is 0. The predicted molar refractivity (Wildman–Crippen MR) is 70.9 cm³/mol. The number of nitrogens with zero attached hydrogens (tertiary/aromatic N) is 1. The second kappa shape index (κ2) is 5.54. The Hall–Kier alpha value is -2.03. The highest BCUT2D eigenvalue weighted by molar-refractivity contribution is 5.30. The van der Waals surface area contributed by atoms with E-state index in [0.717, 1.165) is 17.5 Å². The summed E-state index contributed by atoms with van der Waals surface area (Å²) in [6, 6.07) is 11.1. The first kappa shape index (κ1) is 12.4. The van der Waals surface area contributed by atoms with Gasteiger partial charge in [0.25, 0.3) is 0 Å². The number of phenolic OH excluding ortho intramolecular Hbond substituents is 1. The maximum absolute atomic E-state index is 9.21. The van der Waals surface area contributed by atoms with Crippen LogP contribution >= 0.6 is 0 Å².